The van der Waals surface area contributed by atoms with E-state index in [1.807, 2.05) is 18.2 Å². The summed E-state index contributed by atoms with van der Waals surface area (Å²) >= 11 is 0. The minimum Gasteiger partial charge on any atom is -0.379 e. The van der Waals surface area contributed by atoms with Crippen LogP contribution in [0, 0.1) is 0 Å². The Hall–Kier alpha value is -2.25. The molecule has 1 amide bonds. The molecule has 30 heavy (non-hydrogen) atoms. The second-order valence-corrected chi connectivity index (χ2v) is 7.98. The lowest BCUT2D eigenvalue weighted by Gasteiger charge is -2.26. The third-order valence-electron chi connectivity index (χ3n) is 5.65. The second kappa shape index (κ2) is 10.7. The topological polar surface area (TPSA) is 54.0 Å². The first-order chi connectivity index (χ1) is 14.8. The molecule has 2 saturated heterocycles. The molecule has 0 atom stereocenters. The molecule has 0 radical (unpaired) electrons. The predicted molar refractivity (Wildman–Crippen MR) is 116 cm³/mol. The number of carbonyl (C=O) groups excluding carboxylic acids is 1. The molecule has 2 heterocycles. The van der Waals surface area contributed by atoms with E-state index < -0.39 is 0 Å². The van der Waals surface area contributed by atoms with Gasteiger partial charge in [0.1, 0.15) is 0 Å². The fourth-order valence-corrected chi connectivity index (χ4v) is 3.97. The van der Waals surface area contributed by atoms with Crippen molar-refractivity contribution in [3.63, 3.8) is 0 Å². The average molecular weight is 410 g/mol. The number of hydrogen-bond donors (Lipinski definition) is 1. The van der Waals surface area contributed by atoms with Crippen molar-refractivity contribution < 1.29 is 14.3 Å². The fourth-order valence-electron chi connectivity index (χ4n) is 3.97. The van der Waals surface area contributed by atoms with E-state index in [-0.39, 0.29) is 5.91 Å². The van der Waals surface area contributed by atoms with Gasteiger partial charge >= 0.3 is 0 Å². The normalized spacial score (nSPS) is 18.3. The molecular formula is C24H31N3O3. The molecule has 0 spiro atoms. The highest BCUT2D eigenvalue weighted by atomic mass is 16.5. The van der Waals surface area contributed by atoms with Crippen molar-refractivity contribution >= 4 is 5.91 Å². The lowest BCUT2D eigenvalue weighted by molar-refractivity contribution is 0.0341. The number of hydrogen-bond acceptors (Lipinski definition) is 5. The Balaban J connectivity index is 1.31. The van der Waals surface area contributed by atoms with Crippen LogP contribution in [0.3, 0.4) is 0 Å². The molecule has 0 saturated carbocycles. The Morgan fingerprint density at radius 3 is 1.93 bits per heavy atom. The van der Waals surface area contributed by atoms with Gasteiger partial charge in [-0.15, -0.1) is 0 Å². The highest BCUT2D eigenvalue weighted by molar-refractivity contribution is 5.94. The Kier molecular flexibility index (Phi) is 7.48. The summed E-state index contributed by atoms with van der Waals surface area (Å²) in [4.78, 5) is 17.5. The number of amides is 1. The quantitative estimate of drug-likeness (QED) is 0.761. The maximum Gasteiger partial charge on any atom is 0.251 e. The molecule has 0 aromatic heterocycles. The van der Waals surface area contributed by atoms with E-state index in [2.05, 4.69) is 45.4 Å². The predicted octanol–water partition coefficient (Wildman–Crippen LogP) is 2.28. The van der Waals surface area contributed by atoms with Gasteiger partial charge in [-0.25, -0.2) is 0 Å². The van der Waals surface area contributed by atoms with Crippen molar-refractivity contribution in [3.8, 4) is 0 Å². The number of nitrogens with zero attached hydrogens (tertiary/aromatic N) is 2. The zero-order valence-electron chi connectivity index (χ0n) is 17.5. The first-order valence-corrected chi connectivity index (χ1v) is 10.8. The number of benzene rings is 2. The Labute approximate surface area is 178 Å². The minimum absolute atomic E-state index is 0.0302. The van der Waals surface area contributed by atoms with Crippen molar-refractivity contribution in [2.45, 2.75) is 19.6 Å². The molecule has 6 nitrogen and oxygen atoms in total. The van der Waals surface area contributed by atoms with Gasteiger partial charge in [0.05, 0.1) is 26.4 Å². The molecule has 2 fully saturated rings. The summed E-state index contributed by atoms with van der Waals surface area (Å²) in [5.41, 5.74) is 4.28. The molecule has 1 N–H and O–H groups in total. The van der Waals surface area contributed by atoms with Gasteiger partial charge in [-0.05, 0) is 28.8 Å². The van der Waals surface area contributed by atoms with Gasteiger partial charge in [0.15, 0.2) is 0 Å². The molecule has 0 unspecified atom stereocenters. The van der Waals surface area contributed by atoms with Crippen molar-refractivity contribution in [2.24, 2.45) is 0 Å². The standard InChI is InChI=1S/C24H31N3O3/c28-24(23-6-2-5-22(16-23)19-27-9-13-30-14-10-27)25-17-20-3-1-4-21(15-20)18-26-7-11-29-12-8-26/h1-6,15-16H,7-14,17-19H2,(H,25,28). The van der Waals surface area contributed by atoms with Crippen molar-refractivity contribution in [3.05, 3.63) is 70.8 Å². The van der Waals surface area contributed by atoms with Gasteiger partial charge < -0.3 is 14.8 Å². The Morgan fingerprint density at radius 1 is 0.767 bits per heavy atom. The first kappa shape index (κ1) is 21.0. The lowest BCUT2D eigenvalue weighted by atomic mass is 10.1. The van der Waals surface area contributed by atoms with E-state index in [0.29, 0.717) is 12.1 Å². The zero-order valence-corrected chi connectivity index (χ0v) is 17.5. The highest BCUT2D eigenvalue weighted by Gasteiger charge is 2.13. The maximum absolute atomic E-state index is 12.7. The van der Waals surface area contributed by atoms with Crippen LogP contribution in [0.5, 0.6) is 0 Å². The summed E-state index contributed by atoms with van der Waals surface area (Å²) in [5.74, 6) is -0.0302. The van der Waals surface area contributed by atoms with Crippen LogP contribution in [0.2, 0.25) is 0 Å². The molecule has 6 heteroatoms. The first-order valence-electron chi connectivity index (χ1n) is 10.8. The van der Waals surface area contributed by atoms with Gasteiger partial charge in [0.25, 0.3) is 5.91 Å². The van der Waals surface area contributed by atoms with Crippen LogP contribution in [-0.2, 0) is 29.1 Å². The SMILES string of the molecule is O=C(NCc1cccc(CN2CCOCC2)c1)c1cccc(CN2CCOCC2)c1. The lowest BCUT2D eigenvalue weighted by Crippen LogP contribution is -2.35. The summed E-state index contributed by atoms with van der Waals surface area (Å²) in [6.07, 6.45) is 0. The zero-order chi connectivity index (χ0) is 20.6. The molecule has 4 rings (SSSR count). The minimum atomic E-state index is -0.0302. The molecule has 0 aliphatic carbocycles. The monoisotopic (exact) mass is 409 g/mol. The smallest absolute Gasteiger partial charge is 0.251 e. The van der Waals surface area contributed by atoms with Crippen LogP contribution >= 0.6 is 0 Å². The highest BCUT2D eigenvalue weighted by Crippen LogP contribution is 2.12. The van der Waals surface area contributed by atoms with E-state index in [4.69, 9.17) is 9.47 Å². The van der Waals surface area contributed by atoms with Gasteiger partial charge in [-0.2, -0.15) is 0 Å². The van der Waals surface area contributed by atoms with E-state index in [1.165, 1.54) is 5.56 Å². The number of ether oxygens (including phenoxy) is 2. The third kappa shape index (κ3) is 6.12. The summed E-state index contributed by atoms with van der Waals surface area (Å²) in [7, 11) is 0. The number of morpholine rings is 2. The summed E-state index contributed by atoms with van der Waals surface area (Å²) in [6.45, 7) is 9.32. The van der Waals surface area contributed by atoms with Crippen LogP contribution in [0.25, 0.3) is 0 Å². The van der Waals surface area contributed by atoms with Crippen LogP contribution in [0.4, 0.5) is 0 Å². The van der Waals surface area contributed by atoms with Gasteiger partial charge in [0.2, 0.25) is 0 Å². The van der Waals surface area contributed by atoms with E-state index in [9.17, 15) is 4.79 Å². The molecule has 2 aliphatic rings. The van der Waals surface area contributed by atoms with Crippen molar-refractivity contribution in [2.75, 3.05) is 52.6 Å². The maximum atomic E-state index is 12.7. The van der Waals surface area contributed by atoms with Crippen LogP contribution < -0.4 is 5.32 Å². The van der Waals surface area contributed by atoms with Gasteiger partial charge in [-0.3, -0.25) is 14.6 Å². The number of nitrogens with one attached hydrogen (secondary N) is 1. The van der Waals surface area contributed by atoms with Crippen LogP contribution in [-0.4, -0.2) is 68.3 Å². The van der Waals surface area contributed by atoms with Crippen LogP contribution in [0.1, 0.15) is 27.0 Å². The average Bonchev–Trinajstić information content (AvgIpc) is 2.79. The van der Waals surface area contributed by atoms with Crippen molar-refractivity contribution in [1.29, 1.82) is 0 Å². The van der Waals surface area contributed by atoms with E-state index >= 15 is 0 Å². The summed E-state index contributed by atoms with van der Waals surface area (Å²) in [6, 6.07) is 16.4. The number of carbonyl (C=O) groups is 1. The molecule has 2 aromatic carbocycles. The fraction of sp³-hybridized carbons (Fsp3) is 0.458. The molecular weight excluding hydrogens is 378 g/mol. The largest absolute Gasteiger partial charge is 0.379 e. The van der Waals surface area contributed by atoms with E-state index in [0.717, 1.165) is 76.8 Å². The van der Waals surface area contributed by atoms with Crippen molar-refractivity contribution in [1.82, 2.24) is 15.1 Å². The molecule has 0 bridgehead atoms. The summed E-state index contributed by atoms with van der Waals surface area (Å²) < 4.78 is 10.8. The number of rotatable bonds is 7. The second-order valence-electron chi connectivity index (χ2n) is 7.98. The van der Waals surface area contributed by atoms with Gasteiger partial charge in [-0.1, -0.05) is 36.4 Å². The summed E-state index contributed by atoms with van der Waals surface area (Å²) in [5, 5.41) is 3.07. The van der Waals surface area contributed by atoms with Gasteiger partial charge in [0, 0.05) is 51.4 Å². The molecule has 2 aromatic rings. The molecule has 2 aliphatic heterocycles. The van der Waals surface area contributed by atoms with Crippen LogP contribution in [0.15, 0.2) is 48.5 Å². The molecule has 160 valence electrons. The third-order valence-corrected chi connectivity index (χ3v) is 5.65. The Morgan fingerprint density at radius 2 is 1.30 bits per heavy atom. The van der Waals surface area contributed by atoms with E-state index in [1.54, 1.807) is 0 Å². The Bertz CT molecular complexity index is 830.